The number of hydrogen-bond acceptors (Lipinski definition) is 3. The summed E-state index contributed by atoms with van der Waals surface area (Å²) in [4.78, 5) is 14.2. The zero-order chi connectivity index (χ0) is 15.2. The Morgan fingerprint density at radius 2 is 1.95 bits per heavy atom. The third-order valence-electron chi connectivity index (χ3n) is 4.04. The number of nitrogens with zero attached hydrogens (tertiary/aromatic N) is 1. The molecule has 1 amide bonds. The molecule has 1 aliphatic rings. The van der Waals surface area contributed by atoms with Crippen LogP contribution >= 0.6 is 35.8 Å². The van der Waals surface area contributed by atoms with Crippen LogP contribution in [0, 0.1) is 5.92 Å². The Morgan fingerprint density at radius 3 is 2.50 bits per heavy atom. The molecule has 0 aromatic heterocycles. The van der Waals surface area contributed by atoms with Gasteiger partial charge in [0.15, 0.2) is 0 Å². The smallest absolute Gasteiger partial charge is 0.232 e. The molecule has 1 saturated heterocycles. The minimum absolute atomic E-state index is 0. The molecule has 1 aliphatic heterocycles. The van der Waals surface area contributed by atoms with E-state index in [-0.39, 0.29) is 24.4 Å². The highest BCUT2D eigenvalue weighted by molar-refractivity contribution is 7.99. The molecule has 6 heteroatoms. The molecule has 1 aromatic rings. The normalized spacial score (nSPS) is 17.0. The van der Waals surface area contributed by atoms with Crippen molar-refractivity contribution in [3.63, 3.8) is 0 Å². The van der Waals surface area contributed by atoms with Crippen LogP contribution in [-0.2, 0) is 10.5 Å². The largest absolute Gasteiger partial charge is 0.342 e. The van der Waals surface area contributed by atoms with Gasteiger partial charge in [-0.2, -0.15) is 0 Å². The number of amides is 1. The Hall–Kier alpha value is -0.420. The third-order valence-corrected chi connectivity index (χ3v) is 5.28. The molecule has 2 N–H and O–H groups in total. The van der Waals surface area contributed by atoms with Crippen molar-refractivity contribution in [2.75, 3.05) is 18.8 Å². The van der Waals surface area contributed by atoms with Gasteiger partial charge >= 0.3 is 0 Å². The first kappa shape index (κ1) is 19.6. The fourth-order valence-electron chi connectivity index (χ4n) is 2.60. The predicted octanol–water partition coefficient (Wildman–Crippen LogP) is 3.58. The summed E-state index contributed by atoms with van der Waals surface area (Å²) in [5, 5.41) is 0.747. The van der Waals surface area contributed by atoms with Gasteiger partial charge in [-0.05, 0) is 43.4 Å². The molecule has 124 valence electrons. The van der Waals surface area contributed by atoms with Crippen molar-refractivity contribution in [2.24, 2.45) is 11.7 Å². The number of benzene rings is 1. The van der Waals surface area contributed by atoms with Crippen LogP contribution in [-0.4, -0.2) is 35.7 Å². The molecule has 1 fully saturated rings. The lowest BCUT2D eigenvalue weighted by Crippen LogP contribution is -2.43. The second kappa shape index (κ2) is 9.66. The monoisotopic (exact) mass is 362 g/mol. The molecule has 0 aliphatic carbocycles. The summed E-state index contributed by atoms with van der Waals surface area (Å²) < 4.78 is 0. The maximum Gasteiger partial charge on any atom is 0.232 e. The molecular formula is C16H24Cl2N2OS. The van der Waals surface area contributed by atoms with Gasteiger partial charge in [-0.1, -0.05) is 23.7 Å². The van der Waals surface area contributed by atoms with Crippen LogP contribution in [0.1, 0.15) is 25.3 Å². The summed E-state index contributed by atoms with van der Waals surface area (Å²) in [6.07, 6.45) is 2.07. The Morgan fingerprint density at radius 1 is 1.36 bits per heavy atom. The van der Waals surface area contributed by atoms with Crippen molar-refractivity contribution in [3.05, 3.63) is 34.9 Å². The van der Waals surface area contributed by atoms with Gasteiger partial charge in [0.25, 0.3) is 0 Å². The number of hydrogen-bond donors (Lipinski definition) is 1. The highest BCUT2D eigenvalue weighted by Crippen LogP contribution is 2.21. The lowest BCUT2D eigenvalue weighted by Gasteiger charge is -2.33. The van der Waals surface area contributed by atoms with E-state index in [2.05, 4.69) is 6.92 Å². The number of carbonyl (C=O) groups excluding carboxylic acids is 1. The number of halogens is 2. The molecule has 0 bridgehead atoms. The van der Waals surface area contributed by atoms with Gasteiger partial charge in [-0.25, -0.2) is 0 Å². The van der Waals surface area contributed by atoms with E-state index in [4.69, 9.17) is 17.3 Å². The van der Waals surface area contributed by atoms with Gasteiger partial charge in [0.1, 0.15) is 0 Å². The first-order valence-corrected chi connectivity index (χ1v) is 8.95. The number of nitrogens with two attached hydrogens (primary N) is 1. The molecule has 1 heterocycles. The SMILES string of the molecule is CC(N)C1CCN(C(=O)CSCc2ccc(Cl)cc2)CC1.Cl. The van der Waals surface area contributed by atoms with Crippen molar-refractivity contribution < 1.29 is 4.79 Å². The summed E-state index contributed by atoms with van der Waals surface area (Å²) >= 11 is 7.52. The predicted molar refractivity (Wildman–Crippen MR) is 97.8 cm³/mol. The first-order valence-electron chi connectivity index (χ1n) is 7.42. The van der Waals surface area contributed by atoms with Gasteiger partial charge in [0, 0.05) is 29.9 Å². The quantitative estimate of drug-likeness (QED) is 0.870. The molecule has 0 spiro atoms. The summed E-state index contributed by atoms with van der Waals surface area (Å²) in [5.41, 5.74) is 7.13. The fourth-order valence-corrected chi connectivity index (χ4v) is 3.62. The van der Waals surface area contributed by atoms with Crippen LogP contribution in [0.4, 0.5) is 0 Å². The zero-order valence-electron chi connectivity index (χ0n) is 12.8. The molecule has 1 aromatic carbocycles. The van der Waals surface area contributed by atoms with Crippen LogP contribution in [0.5, 0.6) is 0 Å². The van der Waals surface area contributed by atoms with Crippen molar-refractivity contribution in [2.45, 2.75) is 31.6 Å². The Labute approximate surface area is 148 Å². The number of rotatable bonds is 5. The lowest BCUT2D eigenvalue weighted by atomic mass is 9.91. The number of carbonyl (C=O) groups is 1. The average molecular weight is 363 g/mol. The molecular weight excluding hydrogens is 339 g/mol. The van der Waals surface area contributed by atoms with Gasteiger partial charge in [0.05, 0.1) is 5.75 Å². The highest BCUT2D eigenvalue weighted by Gasteiger charge is 2.24. The maximum atomic E-state index is 12.2. The number of likely N-dealkylation sites (tertiary alicyclic amines) is 1. The van der Waals surface area contributed by atoms with Crippen LogP contribution in [0.15, 0.2) is 24.3 Å². The van der Waals surface area contributed by atoms with E-state index in [1.807, 2.05) is 29.2 Å². The summed E-state index contributed by atoms with van der Waals surface area (Å²) in [6, 6.07) is 8.03. The molecule has 1 atom stereocenters. The standard InChI is InChI=1S/C16H23ClN2OS.ClH/c1-12(18)14-6-8-19(9-7-14)16(20)11-21-10-13-2-4-15(17)5-3-13;/h2-5,12,14H,6-11,18H2,1H3;1H. The number of thioether (sulfide) groups is 1. The summed E-state index contributed by atoms with van der Waals surface area (Å²) in [6.45, 7) is 3.77. The Bertz CT molecular complexity index is 460. The van der Waals surface area contributed by atoms with E-state index in [1.54, 1.807) is 11.8 Å². The van der Waals surface area contributed by atoms with Gasteiger partial charge in [-0.3, -0.25) is 4.79 Å². The van der Waals surface area contributed by atoms with Crippen LogP contribution in [0.25, 0.3) is 0 Å². The molecule has 22 heavy (non-hydrogen) atoms. The topological polar surface area (TPSA) is 46.3 Å². The molecule has 0 radical (unpaired) electrons. The van der Waals surface area contributed by atoms with Gasteiger partial charge < -0.3 is 10.6 Å². The Balaban J connectivity index is 0.00000242. The van der Waals surface area contributed by atoms with Crippen LogP contribution in [0.2, 0.25) is 5.02 Å². The maximum absolute atomic E-state index is 12.2. The fraction of sp³-hybridized carbons (Fsp3) is 0.562. The lowest BCUT2D eigenvalue weighted by molar-refractivity contribution is -0.129. The number of piperidine rings is 1. The van der Waals surface area contributed by atoms with Crippen LogP contribution < -0.4 is 5.73 Å². The van der Waals surface area contributed by atoms with Crippen molar-refractivity contribution in [1.82, 2.24) is 4.90 Å². The van der Waals surface area contributed by atoms with E-state index >= 15 is 0 Å². The zero-order valence-corrected chi connectivity index (χ0v) is 15.2. The highest BCUT2D eigenvalue weighted by atomic mass is 35.5. The first-order chi connectivity index (χ1) is 10.1. The van der Waals surface area contributed by atoms with Gasteiger partial charge in [0.2, 0.25) is 5.91 Å². The second-order valence-corrected chi connectivity index (χ2v) is 7.12. The van der Waals surface area contributed by atoms with Crippen LogP contribution in [0.3, 0.4) is 0 Å². The second-order valence-electron chi connectivity index (χ2n) is 5.70. The van der Waals surface area contributed by atoms with E-state index in [9.17, 15) is 4.79 Å². The molecule has 2 rings (SSSR count). The van der Waals surface area contributed by atoms with E-state index in [0.29, 0.717) is 11.7 Å². The molecule has 3 nitrogen and oxygen atoms in total. The minimum Gasteiger partial charge on any atom is -0.342 e. The molecule has 1 unspecified atom stereocenters. The van der Waals surface area contributed by atoms with Crippen molar-refractivity contribution in [1.29, 1.82) is 0 Å². The summed E-state index contributed by atoms with van der Waals surface area (Å²) in [7, 11) is 0. The average Bonchev–Trinajstić information content (AvgIpc) is 2.49. The van der Waals surface area contributed by atoms with Crippen molar-refractivity contribution >= 4 is 41.7 Å². The van der Waals surface area contributed by atoms with Crippen molar-refractivity contribution in [3.8, 4) is 0 Å². The third kappa shape index (κ3) is 5.99. The Kier molecular flexibility index (Phi) is 8.62. The minimum atomic E-state index is 0. The van der Waals surface area contributed by atoms with E-state index in [0.717, 1.165) is 36.7 Å². The van der Waals surface area contributed by atoms with E-state index in [1.165, 1.54) is 5.56 Å². The van der Waals surface area contributed by atoms with E-state index < -0.39 is 0 Å². The van der Waals surface area contributed by atoms with Gasteiger partial charge in [-0.15, -0.1) is 24.2 Å². The molecule has 0 saturated carbocycles. The summed E-state index contributed by atoms with van der Waals surface area (Å²) in [5.74, 6) is 2.21.